The van der Waals surface area contributed by atoms with Crippen LogP contribution in [-0.4, -0.2) is 64.8 Å². The van der Waals surface area contributed by atoms with Crippen LogP contribution in [0.4, 0.5) is 5.69 Å². The van der Waals surface area contributed by atoms with E-state index in [2.05, 4.69) is 20.6 Å². The summed E-state index contributed by atoms with van der Waals surface area (Å²) in [7, 11) is 0. The summed E-state index contributed by atoms with van der Waals surface area (Å²) >= 11 is 0. The molecule has 1 aromatic rings. The second-order valence-electron chi connectivity index (χ2n) is 5.69. The van der Waals surface area contributed by atoms with E-state index in [1.165, 1.54) is 4.68 Å². The molecule has 136 valence electrons. The molecule has 10 heteroatoms. The normalized spacial score (nSPS) is 14.9. The molecular weight excluding hydrogens is 336 g/mol. The SMILES string of the molecule is Cc1nn(CCC(=O)NCCN2CCNCC2)c(C)c1[N+](=O)[O-].Cl. The molecule has 0 atom stereocenters. The minimum Gasteiger partial charge on any atom is -0.355 e. The maximum absolute atomic E-state index is 11.9. The van der Waals surface area contributed by atoms with Crippen molar-refractivity contribution in [1.82, 2.24) is 25.3 Å². The molecule has 1 aromatic heterocycles. The molecule has 1 saturated heterocycles. The minimum atomic E-state index is -0.429. The first-order valence-electron chi connectivity index (χ1n) is 7.87. The van der Waals surface area contributed by atoms with E-state index >= 15 is 0 Å². The topological polar surface area (TPSA) is 105 Å². The predicted octanol–water partition coefficient (Wildman–Crippen LogP) is 0.241. The van der Waals surface area contributed by atoms with Crippen LogP contribution in [0.3, 0.4) is 0 Å². The Morgan fingerprint density at radius 3 is 2.58 bits per heavy atom. The van der Waals surface area contributed by atoms with Gasteiger partial charge in [0.1, 0.15) is 11.4 Å². The van der Waals surface area contributed by atoms with Gasteiger partial charge in [-0.25, -0.2) is 0 Å². The Balaban J connectivity index is 0.00000288. The van der Waals surface area contributed by atoms with Crippen molar-refractivity contribution in [2.24, 2.45) is 0 Å². The summed E-state index contributed by atoms with van der Waals surface area (Å²) in [4.78, 5) is 24.7. The van der Waals surface area contributed by atoms with Gasteiger partial charge in [0.25, 0.3) is 0 Å². The molecule has 0 bridgehead atoms. The van der Waals surface area contributed by atoms with E-state index in [0.717, 1.165) is 32.7 Å². The van der Waals surface area contributed by atoms with Gasteiger partial charge in [-0.3, -0.25) is 24.5 Å². The highest BCUT2D eigenvalue weighted by Gasteiger charge is 2.21. The molecule has 0 saturated carbocycles. The smallest absolute Gasteiger partial charge is 0.312 e. The quantitative estimate of drug-likeness (QED) is 0.533. The van der Waals surface area contributed by atoms with E-state index in [4.69, 9.17) is 0 Å². The molecule has 0 radical (unpaired) electrons. The highest BCUT2D eigenvalue weighted by atomic mass is 35.5. The van der Waals surface area contributed by atoms with Gasteiger partial charge in [0, 0.05) is 45.7 Å². The fourth-order valence-electron chi connectivity index (χ4n) is 2.75. The minimum absolute atomic E-state index is 0. The Morgan fingerprint density at radius 2 is 2.00 bits per heavy atom. The van der Waals surface area contributed by atoms with E-state index in [0.29, 0.717) is 24.5 Å². The van der Waals surface area contributed by atoms with Crippen molar-refractivity contribution in [3.8, 4) is 0 Å². The average molecular weight is 361 g/mol. The highest BCUT2D eigenvalue weighted by molar-refractivity contribution is 5.85. The second-order valence-corrected chi connectivity index (χ2v) is 5.69. The number of hydrogen-bond donors (Lipinski definition) is 2. The molecule has 0 unspecified atom stereocenters. The Bertz CT molecular complexity index is 571. The summed E-state index contributed by atoms with van der Waals surface area (Å²) in [5.41, 5.74) is 0.900. The lowest BCUT2D eigenvalue weighted by atomic mass is 10.3. The van der Waals surface area contributed by atoms with Gasteiger partial charge < -0.3 is 10.6 Å². The lowest BCUT2D eigenvalue weighted by Gasteiger charge is -2.27. The Hall–Kier alpha value is -1.71. The first-order valence-corrected chi connectivity index (χ1v) is 7.87. The number of nitrogens with zero attached hydrogens (tertiary/aromatic N) is 4. The van der Waals surface area contributed by atoms with Crippen molar-refractivity contribution in [3.63, 3.8) is 0 Å². The number of carbonyl (C=O) groups excluding carboxylic acids is 1. The van der Waals surface area contributed by atoms with E-state index in [-0.39, 0.29) is 30.4 Å². The van der Waals surface area contributed by atoms with Crippen molar-refractivity contribution in [1.29, 1.82) is 0 Å². The zero-order valence-electron chi connectivity index (χ0n) is 14.1. The molecule has 0 aromatic carbocycles. The molecule has 24 heavy (non-hydrogen) atoms. The van der Waals surface area contributed by atoms with Gasteiger partial charge in [-0.15, -0.1) is 12.4 Å². The molecule has 2 N–H and O–H groups in total. The van der Waals surface area contributed by atoms with Crippen molar-refractivity contribution in [3.05, 3.63) is 21.5 Å². The van der Waals surface area contributed by atoms with Crippen molar-refractivity contribution >= 4 is 24.0 Å². The van der Waals surface area contributed by atoms with E-state index < -0.39 is 4.92 Å². The predicted molar refractivity (Wildman–Crippen MR) is 92.5 cm³/mol. The van der Waals surface area contributed by atoms with Crippen LogP contribution in [0.15, 0.2) is 0 Å². The first-order chi connectivity index (χ1) is 11.0. The number of nitro groups is 1. The van der Waals surface area contributed by atoms with Crippen molar-refractivity contribution in [2.45, 2.75) is 26.8 Å². The lowest BCUT2D eigenvalue weighted by molar-refractivity contribution is -0.386. The standard InChI is InChI=1S/C14H24N6O3.ClH/c1-11-14(20(22)23)12(2)19(17-11)7-3-13(21)16-6-10-18-8-4-15-5-9-18;/h15H,3-10H2,1-2H3,(H,16,21);1H. The number of carbonyl (C=O) groups is 1. The number of halogens is 1. The van der Waals surface area contributed by atoms with Crippen LogP contribution < -0.4 is 10.6 Å². The van der Waals surface area contributed by atoms with Gasteiger partial charge in [0.15, 0.2) is 0 Å². The molecule has 2 heterocycles. The third kappa shape index (κ3) is 5.43. The number of nitrogens with one attached hydrogen (secondary N) is 2. The van der Waals surface area contributed by atoms with Crippen LogP contribution in [0.5, 0.6) is 0 Å². The van der Waals surface area contributed by atoms with Crippen LogP contribution in [0.25, 0.3) is 0 Å². The van der Waals surface area contributed by atoms with Crippen molar-refractivity contribution in [2.75, 3.05) is 39.3 Å². The van der Waals surface area contributed by atoms with Crippen LogP contribution in [0, 0.1) is 24.0 Å². The molecule has 0 spiro atoms. The number of aromatic nitrogens is 2. The van der Waals surface area contributed by atoms with Gasteiger partial charge in [0.2, 0.25) is 5.91 Å². The van der Waals surface area contributed by atoms with Gasteiger partial charge in [-0.2, -0.15) is 5.10 Å². The third-order valence-electron chi connectivity index (χ3n) is 4.04. The van der Waals surface area contributed by atoms with Crippen LogP contribution >= 0.6 is 12.4 Å². The maximum Gasteiger partial charge on any atom is 0.312 e. The summed E-state index contributed by atoms with van der Waals surface area (Å²) in [5, 5.41) is 21.3. The number of hydrogen-bond acceptors (Lipinski definition) is 6. The first kappa shape index (κ1) is 20.3. The van der Waals surface area contributed by atoms with E-state index in [1.54, 1.807) is 13.8 Å². The monoisotopic (exact) mass is 360 g/mol. The fourth-order valence-corrected chi connectivity index (χ4v) is 2.75. The molecule has 0 aliphatic carbocycles. The molecule has 1 aliphatic rings. The number of amides is 1. The zero-order chi connectivity index (χ0) is 16.8. The summed E-state index contributed by atoms with van der Waals surface area (Å²) in [6.45, 7) is 9.07. The van der Waals surface area contributed by atoms with Gasteiger partial charge in [-0.1, -0.05) is 0 Å². The molecule has 9 nitrogen and oxygen atoms in total. The molecule has 1 amide bonds. The largest absolute Gasteiger partial charge is 0.355 e. The molecule has 1 aliphatic heterocycles. The van der Waals surface area contributed by atoms with Crippen molar-refractivity contribution < 1.29 is 9.72 Å². The second kappa shape index (κ2) is 9.55. The Kier molecular flexibility index (Phi) is 8.09. The Morgan fingerprint density at radius 1 is 1.33 bits per heavy atom. The molecule has 2 rings (SSSR count). The maximum atomic E-state index is 11.9. The number of rotatable bonds is 7. The van der Waals surface area contributed by atoms with Crippen LogP contribution in [0.2, 0.25) is 0 Å². The molecular formula is C14H25ClN6O3. The third-order valence-corrected chi connectivity index (χ3v) is 4.04. The van der Waals surface area contributed by atoms with Crippen LogP contribution in [0.1, 0.15) is 17.8 Å². The van der Waals surface area contributed by atoms with Gasteiger partial charge in [-0.05, 0) is 13.8 Å². The highest BCUT2D eigenvalue weighted by Crippen LogP contribution is 2.21. The number of aryl methyl sites for hydroxylation is 2. The van der Waals surface area contributed by atoms with Crippen LogP contribution in [-0.2, 0) is 11.3 Å². The summed E-state index contributed by atoms with van der Waals surface area (Å²) in [6, 6.07) is 0. The lowest BCUT2D eigenvalue weighted by Crippen LogP contribution is -2.46. The number of piperazine rings is 1. The fraction of sp³-hybridized carbons (Fsp3) is 0.714. The zero-order valence-corrected chi connectivity index (χ0v) is 14.9. The van der Waals surface area contributed by atoms with Gasteiger partial charge >= 0.3 is 5.69 Å². The summed E-state index contributed by atoms with van der Waals surface area (Å²) < 4.78 is 1.53. The van der Waals surface area contributed by atoms with E-state index in [9.17, 15) is 14.9 Å². The Labute approximate surface area is 147 Å². The van der Waals surface area contributed by atoms with E-state index in [1.807, 2.05) is 0 Å². The van der Waals surface area contributed by atoms with Gasteiger partial charge in [0.05, 0.1) is 11.5 Å². The summed E-state index contributed by atoms with van der Waals surface area (Å²) in [6.07, 6.45) is 0.265. The average Bonchev–Trinajstić information content (AvgIpc) is 2.80. The summed E-state index contributed by atoms with van der Waals surface area (Å²) in [5.74, 6) is -0.0599. The molecule has 1 fully saturated rings.